The molecular weight excluding hydrogens is 637 g/mol. The maximum atomic E-state index is 15.4. The summed E-state index contributed by atoms with van der Waals surface area (Å²) in [5.41, 5.74) is -0.904. The molecule has 0 bridgehead atoms. The van der Waals surface area contributed by atoms with Crippen LogP contribution < -0.4 is 16.0 Å². The summed E-state index contributed by atoms with van der Waals surface area (Å²) in [5, 5.41) is 17.9. The summed E-state index contributed by atoms with van der Waals surface area (Å²) < 4.78 is 77.9. The van der Waals surface area contributed by atoms with Crippen molar-refractivity contribution in [3.05, 3.63) is 95.3 Å². The minimum absolute atomic E-state index is 0.0430. The van der Waals surface area contributed by atoms with Crippen molar-refractivity contribution in [2.75, 3.05) is 31.6 Å². The summed E-state index contributed by atoms with van der Waals surface area (Å²) in [6.45, 7) is 2.82. The second kappa shape index (κ2) is 14.4. The maximum absolute atomic E-state index is 15.4. The van der Waals surface area contributed by atoms with Gasteiger partial charge in [-0.15, -0.1) is 0 Å². The number of amides is 2. The van der Waals surface area contributed by atoms with Crippen LogP contribution in [0.1, 0.15) is 37.3 Å². The number of nitrogens with zero attached hydrogens (tertiary/aromatic N) is 1. The molecule has 2 amide bonds. The SMILES string of the molecule is C[C@@H]1CNC[C@H](CCc2c(F)cccc2NC(=O)[C@@H](NC(=O)O)C2(c3ccc(F)c(F)c3)CCOCC2)N1S(=O)(=O)c1ccccc1. The Morgan fingerprint density at radius 2 is 1.72 bits per heavy atom. The topological polar surface area (TPSA) is 137 Å². The number of carboxylic acid groups (broad SMARTS) is 1. The molecule has 0 aliphatic carbocycles. The third kappa shape index (κ3) is 7.30. The van der Waals surface area contributed by atoms with Gasteiger partial charge in [0.1, 0.15) is 11.9 Å². The first kappa shape index (κ1) is 34.4. The summed E-state index contributed by atoms with van der Waals surface area (Å²) in [7, 11) is -3.87. The molecule has 252 valence electrons. The fourth-order valence-corrected chi connectivity index (χ4v) is 8.55. The lowest BCUT2D eigenvalue weighted by atomic mass is 9.68. The highest BCUT2D eigenvalue weighted by Gasteiger charge is 2.47. The fraction of sp³-hybridized carbons (Fsp3) is 0.394. The summed E-state index contributed by atoms with van der Waals surface area (Å²) in [5.74, 6) is -3.70. The monoisotopic (exact) mass is 674 g/mol. The highest BCUT2D eigenvalue weighted by atomic mass is 32.2. The molecule has 3 aromatic carbocycles. The molecule has 2 aliphatic rings. The standard InChI is InChI=1S/C33H37F3N4O6S/c1-21-19-37-20-23(40(21)47(44,45)24-6-3-2-4-7-24)11-12-25-26(34)8-5-9-29(25)38-31(41)30(39-32(42)43)33(14-16-46-17-15-33)22-10-13-27(35)28(36)18-22/h2-10,13,18,21,23,30,37,39H,11-12,14-17,19-20H2,1H3,(H,38,41)(H,42,43)/t21-,23+,30-/m1/s1. The van der Waals surface area contributed by atoms with Crippen LogP contribution in [0.4, 0.5) is 23.7 Å². The van der Waals surface area contributed by atoms with Crippen LogP contribution >= 0.6 is 0 Å². The molecule has 4 N–H and O–H groups in total. The van der Waals surface area contributed by atoms with Crippen LogP contribution in [0, 0.1) is 17.5 Å². The Morgan fingerprint density at radius 3 is 2.40 bits per heavy atom. The number of hydrogen-bond acceptors (Lipinski definition) is 6. The Hall–Kier alpha value is -3.98. The van der Waals surface area contributed by atoms with E-state index in [0.29, 0.717) is 13.1 Å². The molecule has 2 fully saturated rings. The number of hydrogen-bond donors (Lipinski definition) is 4. The molecular formula is C33H37F3N4O6S. The van der Waals surface area contributed by atoms with Gasteiger partial charge in [0.25, 0.3) is 0 Å². The Balaban J connectivity index is 1.43. The van der Waals surface area contributed by atoms with Crippen molar-refractivity contribution in [2.24, 2.45) is 0 Å². The molecule has 10 nitrogen and oxygen atoms in total. The van der Waals surface area contributed by atoms with Crippen LogP contribution in [0.15, 0.2) is 71.6 Å². The number of ether oxygens (including phenoxy) is 1. The Labute approximate surface area is 271 Å². The molecule has 0 radical (unpaired) electrons. The van der Waals surface area contributed by atoms with Gasteiger partial charge < -0.3 is 25.8 Å². The van der Waals surface area contributed by atoms with E-state index in [2.05, 4.69) is 16.0 Å². The molecule has 47 heavy (non-hydrogen) atoms. The molecule has 0 unspecified atom stereocenters. The number of nitrogens with one attached hydrogen (secondary N) is 3. The van der Waals surface area contributed by atoms with Crippen molar-refractivity contribution in [1.29, 1.82) is 0 Å². The van der Waals surface area contributed by atoms with E-state index in [0.717, 1.165) is 12.1 Å². The zero-order chi connectivity index (χ0) is 33.8. The largest absolute Gasteiger partial charge is 0.465 e. The third-order valence-electron chi connectivity index (χ3n) is 9.00. The number of benzene rings is 3. The summed E-state index contributed by atoms with van der Waals surface area (Å²) >= 11 is 0. The van der Waals surface area contributed by atoms with Crippen LogP contribution in [0.5, 0.6) is 0 Å². The van der Waals surface area contributed by atoms with Crippen molar-refractivity contribution in [1.82, 2.24) is 14.9 Å². The average molecular weight is 675 g/mol. The van der Waals surface area contributed by atoms with Crippen molar-refractivity contribution >= 4 is 27.7 Å². The molecule has 2 saturated heterocycles. The van der Waals surface area contributed by atoms with Crippen LogP contribution in [0.25, 0.3) is 0 Å². The molecule has 5 rings (SSSR count). The van der Waals surface area contributed by atoms with Crippen LogP contribution in [-0.2, 0) is 31.4 Å². The molecule has 0 spiro atoms. The molecule has 3 atom stereocenters. The number of halogens is 3. The van der Waals surface area contributed by atoms with E-state index in [1.807, 2.05) is 0 Å². The quantitative estimate of drug-likeness (QED) is 0.250. The van der Waals surface area contributed by atoms with E-state index < -0.39 is 57.0 Å². The van der Waals surface area contributed by atoms with Gasteiger partial charge in [0, 0.05) is 55.1 Å². The zero-order valence-corrected chi connectivity index (χ0v) is 26.5. The van der Waals surface area contributed by atoms with E-state index in [-0.39, 0.29) is 66.6 Å². The lowest BCUT2D eigenvalue weighted by molar-refractivity contribution is -0.121. The van der Waals surface area contributed by atoms with Gasteiger partial charge in [0.05, 0.1) is 4.90 Å². The minimum Gasteiger partial charge on any atom is -0.465 e. The highest BCUT2D eigenvalue weighted by Crippen LogP contribution is 2.40. The van der Waals surface area contributed by atoms with Gasteiger partial charge in [-0.25, -0.2) is 26.4 Å². The summed E-state index contributed by atoms with van der Waals surface area (Å²) in [6.07, 6.45) is -1.03. The smallest absolute Gasteiger partial charge is 0.405 e. The van der Waals surface area contributed by atoms with E-state index >= 15 is 4.39 Å². The maximum Gasteiger partial charge on any atom is 0.405 e. The molecule has 0 saturated carbocycles. The first-order chi connectivity index (χ1) is 22.4. The van der Waals surface area contributed by atoms with Crippen molar-refractivity contribution in [2.45, 2.75) is 61.0 Å². The van der Waals surface area contributed by atoms with Gasteiger partial charge in [-0.2, -0.15) is 4.31 Å². The average Bonchev–Trinajstić information content (AvgIpc) is 3.05. The Bertz CT molecular complexity index is 1710. The molecule has 2 heterocycles. The lowest BCUT2D eigenvalue weighted by Crippen LogP contribution is -2.58. The van der Waals surface area contributed by atoms with Gasteiger partial charge in [0.15, 0.2) is 11.6 Å². The second-order valence-corrected chi connectivity index (χ2v) is 13.7. The Morgan fingerprint density at radius 1 is 1.00 bits per heavy atom. The number of anilines is 1. The van der Waals surface area contributed by atoms with Crippen LogP contribution in [0.3, 0.4) is 0 Å². The van der Waals surface area contributed by atoms with E-state index in [4.69, 9.17) is 4.74 Å². The van der Waals surface area contributed by atoms with Crippen molar-refractivity contribution in [3.63, 3.8) is 0 Å². The molecule has 3 aromatic rings. The van der Waals surface area contributed by atoms with Crippen molar-refractivity contribution < 1.29 is 41.0 Å². The van der Waals surface area contributed by atoms with E-state index in [1.165, 1.54) is 40.7 Å². The first-order valence-corrected chi connectivity index (χ1v) is 16.8. The van der Waals surface area contributed by atoms with Crippen LogP contribution in [-0.4, -0.2) is 74.3 Å². The highest BCUT2D eigenvalue weighted by molar-refractivity contribution is 7.89. The van der Waals surface area contributed by atoms with E-state index in [9.17, 15) is 31.9 Å². The van der Waals surface area contributed by atoms with Crippen LogP contribution in [0.2, 0.25) is 0 Å². The van der Waals surface area contributed by atoms with Crippen molar-refractivity contribution in [3.8, 4) is 0 Å². The summed E-state index contributed by atoms with van der Waals surface area (Å²) in [4.78, 5) is 26.1. The lowest BCUT2D eigenvalue weighted by Gasteiger charge is -2.43. The molecule has 0 aromatic heterocycles. The van der Waals surface area contributed by atoms with Gasteiger partial charge in [0.2, 0.25) is 15.9 Å². The van der Waals surface area contributed by atoms with E-state index in [1.54, 1.807) is 25.1 Å². The van der Waals surface area contributed by atoms with Gasteiger partial charge in [-0.1, -0.05) is 30.3 Å². The number of sulfonamides is 1. The fourth-order valence-electron chi connectivity index (χ4n) is 6.68. The predicted octanol–water partition coefficient (Wildman–Crippen LogP) is 4.41. The Kier molecular flexibility index (Phi) is 10.5. The summed E-state index contributed by atoms with van der Waals surface area (Å²) in [6, 6.07) is 12.9. The first-order valence-electron chi connectivity index (χ1n) is 15.3. The number of carbonyl (C=O) groups is 2. The predicted molar refractivity (Wildman–Crippen MR) is 168 cm³/mol. The number of rotatable bonds is 10. The minimum atomic E-state index is -3.87. The third-order valence-corrected chi connectivity index (χ3v) is 11.1. The zero-order valence-electron chi connectivity index (χ0n) is 25.7. The molecule has 2 aliphatic heterocycles. The normalized spacial score (nSPS) is 20.7. The number of carbonyl (C=O) groups excluding carboxylic acids is 1. The van der Waals surface area contributed by atoms with Gasteiger partial charge >= 0.3 is 6.09 Å². The second-order valence-electron chi connectivity index (χ2n) is 11.9. The van der Waals surface area contributed by atoms with Gasteiger partial charge in [-0.05, 0) is 74.6 Å². The number of piperazine rings is 1. The molecule has 14 heteroatoms. The van der Waals surface area contributed by atoms with Gasteiger partial charge in [-0.3, -0.25) is 4.79 Å².